The van der Waals surface area contributed by atoms with Crippen LogP contribution < -0.4 is 20.7 Å². The zero-order valence-electron chi connectivity index (χ0n) is 10.2. The Morgan fingerprint density at radius 2 is 2.22 bits per heavy atom. The number of ether oxygens (including phenoxy) is 1. The molecular formula is C10H16N6O2. The molecule has 0 atom stereocenters. The number of aromatic nitrogens is 3. The Balaban J connectivity index is 2.18. The lowest BCUT2D eigenvalue weighted by Crippen LogP contribution is -2.30. The van der Waals surface area contributed by atoms with E-state index in [2.05, 4.69) is 20.3 Å². The van der Waals surface area contributed by atoms with Crippen LogP contribution in [-0.2, 0) is 4.79 Å². The number of nitrogens with zero attached hydrogens (tertiary/aromatic N) is 4. The minimum atomic E-state index is 0.0320. The van der Waals surface area contributed by atoms with Crippen LogP contribution in [0.5, 0.6) is 6.01 Å². The number of hydrogen-bond acceptors (Lipinski definition) is 7. The van der Waals surface area contributed by atoms with Crippen LogP contribution in [0.15, 0.2) is 0 Å². The van der Waals surface area contributed by atoms with E-state index in [0.717, 1.165) is 0 Å². The Kier molecular flexibility index (Phi) is 3.75. The first-order valence-electron chi connectivity index (χ1n) is 5.85. The molecule has 1 aromatic heterocycles. The Hall–Kier alpha value is -2.12. The van der Waals surface area contributed by atoms with Crippen molar-refractivity contribution < 1.29 is 9.53 Å². The van der Waals surface area contributed by atoms with Crippen molar-refractivity contribution in [3.05, 3.63) is 0 Å². The quantitative estimate of drug-likeness (QED) is 0.723. The minimum absolute atomic E-state index is 0.0320. The number of nitrogen functional groups attached to an aromatic ring is 1. The number of amides is 1. The van der Waals surface area contributed by atoms with Crippen LogP contribution in [0.25, 0.3) is 0 Å². The molecule has 1 aliphatic heterocycles. The van der Waals surface area contributed by atoms with Gasteiger partial charge in [0, 0.05) is 26.1 Å². The smallest absolute Gasteiger partial charge is 0.323 e. The van der Waals surface area contributed by atoms with Gasteiger partial charge >= 0.3 is 6.01 Å². The molecule has 1 amide bonds. The average Bonchev–Trinajstić information content (AvgIpc) is 2.54. The van der Waals surface area contributed by atoms with Crippen LogP contribution in [0.3, 0.4) is 0 Å². The lowest BCUT2D eigenvalue weighted by atomic mass is 10.4. The monoisotopic (exact) mass is 252 g/mol. The van der Waals surface area contributed by atoms with Gasteiger partial charge in [-0.05, 0) is 6.92 Å². The summed E-state index contributed by atoms with van der Waals surface area (Å²) in [6, 6.07) is 0.212. The molecule has 1 fully saturated rings. The lowest BCUT2D eigenvalue weighted by molar-refractivity contribution is -0.120. The largest absolute Gasteiger partial charge is 0.464 e. The first kappa shape index (κ1) is 12.3. The van der Waals surface area contributed by atoms with E-state index in [1.165, 1.54) is 0 Å². The van der Waals surface area contributed by atoms with Gasteiger partial charge in [0.1, 0.15) is 0 Å². The summed E-state index contributed by atoms with van der Waals surface area (Å²) in [5.41, 5.74) is 5.61. The molecule has 0 radical (unpaired) electrons. The molecular weight excluding hydrogens is 236 g/mol. The number of nitrogens with one attached hydrogen (secondary N) is 1. The molecule has 1 saturated heterocycles. The SMILES string of the molecule is CCOc1nc(N)nc(N2CCNC(=O)CC2)n1. The zero-order valence-corrected chi connectivity index (χ0v) is 10.2. The highest BCUT2D eigenvalue weighted by Gasteiger charge is 2.17. The van der Waals surface area contributed by atoms with Gasteiger partial charge in [0.15, 0.2) is 0 Å². The number of nitrogens with two attached hydrogens (primary N) is 1. The molecule has 0 aromatic carbocycles. The number of rotatable bonds is 3. The molecule has 0 bridgehead atoms. The third kappa shape index (κ3) is 2.96. The standard InChI is InChI=1S/C10H16N6O2/c1-2-18-10-14-8(11)13-9(15-10)16-5-3-7(17)12-4-6-16/h2-6H2,1H3,(H,12,17)(H2,11,13,14,15). The average molecular weight is 252 g/mol. The van der Waals surface area contributed by atoms with E-state index in [1.807, 2.05) is 11.8 Å². The van der Waals surface area contributed by atoms with Crippen molar-refractivity contribution in [2.24, 2.45) is 0 Å². The van der Waals surface area contributed by atoms with Crippen LogP contribution >= 0.6 is 0 Å². The van der Waals surface area contributed by atoms with Crippen molar-refractivity contribution in [2.75, 3.05) is 36.9 Å². The lowest BCUT2D eigenvalue weighted by Gasteiger charge is -2.19. The summed E-state index contributed by atoms with van der Waals surface area (Å²) >= 11 is 0. The number of carbonyl (C=O) groups is 1. The summed E-state index contributed by atoms with van der Waals surface area (Å²) in [6.45, 7) is 4.06. The second-order valence-corrected chi connectivity index (χ2v) is 3.80. The maximum atomic E-state index is 11.3. The van der Waals surface area contributed by atoms with Gasteiger partial charge in [-0.1, -0.05) is 0 Å². The fourth-order valence-corrected chi connectivity index (χ4v) is 1.66. The van der Waals surface area contributed by atoms with Gasteiger partial charge in [0.25, 0.3) is 0 Å². The summed E-state index contributed by atoms with van der Waals surface area (Å²) in [5.74, 6) is 0.596. The molecule has 1 aliphatic rings. The molecule has 0 saturated carbocycles. The van der Waals surface area contributed by atoms with Crippen LogP contribution in [0.2, 0.25) is 0 Å². The highest BCUT2D eigenvalue weighted by Crippen LogP contribution is 2.14. The topological polar surface area (TPSA) is 106 Å². The third-order valence-electron chi connectivity index (χ3n) is 2.49. The second-order valence-electron chi connectivity index (χ2n) is 3.80. The van der Waals surface area contributed by atoms with Gasteiger partial charge in [0.05, 0.1) is 6.61 Å². The molecule has 0 aliphatic carbocycles. The van der Waals surface area contributed by atoms with E-state index in [4.69, 9.17) is 10.5 Å². The van der Waals surface area contributed by atoms with E-state index >= 15 is 0 Å². The molecule has 8 heteroatoms. The van der Waals surface area contributed by atoms with Crippen molar-refractivity contribution in [2.45, 2.75) is 13.3 Å². The minimum Gasteiger partial charge on any atom is -0.464 e. The fraction of sp³-hybridized carbons (Fsp3) is 0.600. The Morgan fingerprint density at radius 1 is 1.39 bits per heavy atom. The Bertz CT molecular complexity index is 438. The summed E-state index contributed by atoms with van der Waals surface area (Å²) in [6.07, 6.45) is 0.412. The first-order chi connectivity index (χ1) is 8.69. The van der Waals surface area contributed by atoms with Crippen molar-refractivity contribution in [3.8, 4) is 6.01 Å². The number of anilines is 2. The van der Waals surface area contributed by atoms with E-state index in [1.54, 1.807) is 0 Å². The van der Waals surface area contributed by atoms with Gasteiger partial charge in [-0.15, -0.1) is 0 Å². The molecule has 8 nitrogen and oxygen atoms in total. The predicted molar refractivity (Wildman–Crippen MR) is 65.2 cm³/mol. The molecule has 98 valence electrons. The molecule has 18 heavy (non-hydrogen) atoms. The summed E-state index contributed by atoms with van der Waals surface area (Å²) in [5, 5.41) is 2.78. The molecule has 0 unspecified atom stereocenters. The first-order valence-corrected chi connectivity index (χ1v) is 5.85. The van der Waals surface area contributed by atoms with E-state index in [9.17, 15) is 4.79 Å². The summed E-state index contributed by atoms with van der Waals surface area (Å²) in [4.78, 5) is 25.3. The van der Waals surface area contributed by atoms with Crippen LogP contribution in [0.1, 0.15) is 13.3 Å². The third-order valence-corrected chi connectivity index (χ3v) is 2.49. The van der Waals surface area contributed by atoms with Crippen molar-refractivity contribution in [3.63, 3.8) is 0 Å². The molecule has 1 aromatic rings. The molecule has 2 heterocycles. The highest BCUT2D eigenvalue weighted by atomic mass is 16.5. The number of carbonyl (C=O) groups excluding carboxylic acids is 1. The fourth-order valence-electron chi connectivity index (χ4n) is 1.66. The van der Waals surface area contributed by atoms with Crippen molar-refractivity contribution >= 4 is 17.8 Å². The van der Waals surface area contributed by atoms with E-state index in [0.29, 0.717) is 38.6 Å². The zero-order chi connectivity index (χ0) is 13.0. The normalized spacial score (nSPS) is 16.1. The van der Waals surface area contributed by atoms with Crippen molar-refractivity contribution in [1.82, 2.24) is 20.3 Å². The molecule has 3 N–H and O–H groups in total. The van der Waals surface area contributed by atoms with Crippen molar-refractivity contribution in [1.29, 1.82) is 0 Å². The maximum absolute atomic E-state index is 11.3. The van der Waals surface area contributed by atoms with Gasteiger partial charge in [-0.25, -0.2) is 0 Å². The number of hydrogen-bond donors (Lipinski definition) is 2. The van der Waals surface area contributed by atoms with Gasteiger partial charge < -0.3 is 20.7 Å². The second kappa shape index (κ2) is 5.48. The summed E-state index contributed by atoms with van der Waals surface area (Å²) < 4.78 is 5.22. The van der Waals surface area contributed by atoms with Gasteiger partial charge in [0.2, 0.25) is 17.8 Å². The Morgan fingerprint density at radius 3 is 3.00 bits per heavy atom. The predicted octanol–water partition coefficient (Wildman–Crippen LogP) is -0.821. The van der Waals surface area contributed by atoms with Gasteiger partial charge in [-0.2, -0.15) is 15.0 Å². The highest BCUT2D eigenvalue weighted by molar-refractivity contribution is 5.77. The molecule has 0 spiro atoms. The molecule has 2 rings (SSSR count). The van der Waals surface area contributed by atoms with Crippen LogP contribution in [0.4, 0.5) is 11.9 Å². The van der Waals surface area contributed by atoms with E-state index in [-0.39, 0.29) is 17.9 Å². The maximum Gasteiger partial charge on any atom is 0.323 e. The van der Waals surface area contributed by atoms with Crippen LogP contribution in [-0.4, -0.2) is 47.1 Å². The van der Waals surface area contributed by atoms with Crippen LogP contribution in [0, 0.1) is 0 Å². The van der Waals surface area contributed by atoms with E-state index < -0.39 is 0 Å². The Labute approximate surface area is 105 Å². The summed E-state index contributed by atoms with van der Waals surface area (Å²) in [7, 11) is 0. The van der Waals surface area contributed by atoms with Gasteiger partial charge in [-0.3, -0.25) is 4.79 Å².